The van der Waals surface area contributed by atoms with Gasteiger partial charge in [0.15, 0.2) is 0 Å². The summed E-state index contributed by atoms with van der Waals surface area (Å²) < 4.78 is 40.2. The molecule has 1 aliphatic rings. The molecule has 6 nitrogen and oxygen atoms in total. The molecule has 1 aliphatic heterocycles. The van der Waals surface area contributed by atoms with Gasteiger partial charge in [-0.2, -0.15) is 0 Å². The van der Waals surface area contributed by atoms with Crippen LogP contribution in [0.4, 0.5) is 23.7 Å². The van der Waals surface area contributed by atoms with Gasteiger partial charge < -0.3 is 20.3 Å². The van der Waals surface area contributed by atoms with E-state index in [0.29, 0.717) is 13.1 Å². The number of amides is 3. The normalized spacial score (nSPS) is 18.4. The summed E-state index contributed by atoms with van der Waals surface area (Å²) in [6.45, 7) is 2.22. The first-order valence-corrected chi connectivity index (χ1v) is 6.96. The van der Waals surface area contributed by atoms with Crippen LogP contribution in [0.15, 0.2) is 18.2 Å². The van der Waals surface area contributed by atoms with Crippen molar-refractivity contribution in [3.8, 4) is 5.75 Å². The SMILES string of the molecule is CC1C(=O)NCCN1C(=O)Nc1ccc(OC(F)(F)F)c(Cl)c1. The fourth-order valence-corrected chi connectivity index (χ4v) is 2.26. The molecule has 0 aliphatic carbocycles. The fraction of sp³-hybridized carbons (Fsp3) is 0.385. The molecular weight excluding hydrogens is 339 g/mol. The van der Waals surface area contributed by atoms with E-state index < -0.39 is 24.2 Å². The molecule has 0 aromatic heterocycles. The summed E-state index contributed by atoms with van der Waals surface area (Å²) in [5.74, 6) is -0.846. The van der Waals surface area contributed by atoms with E-state index in [4.69, 9.17) is 11.6 Å². The first-order chi connectivity index (χ1) is 10.7. The van der Waals surface area contributed by atoms with Gasteiger partial charge in [-0.1, -0.05) is 11.6 Å². The number of carbonyl (C=O) groups is 2. The lowest BCUT2D eigenvalue weighted by Crippen LogP contribution is -2.56. The maximum Gasteiger partial charge on any atom is 0.573 e. The molecule has 1 atom stereocenters. The average molecular weight is 352 g/mol. The number of nitrogens with zero attached hydrogens (tertiary/aromatic N) is 1. The summed E-state index contributed by atoms with van der Waals surface area (Å²) in [7, 11) is 0. The second kappa shape index (κ2) is 6.53. The zero-order valence-electron chi connectivity index (χ0n) is 11.9. The van der Waals surface area contributed by atoms with Crippen LogP contribution in [0.1, 0.15) is 6.92 Å². The molecule has 10 heteroatoms. The number of nitrogens with one attached hydrogen (secondary N) is 2. The Labute approximate surface area is 134 Å². The van der Waals surface area contributed by atoms with Crippen LogP contribution in [-0.4, -0.2) is 42.3 Å². The van der Waals surface area contributed by atoms with Gasteiger partial charge in [-0.05, 0) is 25.1 Å². The molecule has 0 radical (unpaired) electrons. The largest absolute Gasteiger partial charge is 0.573 e. The van der Waals surface area contributed by atoms with E-state index in [1.807, 2.05) is 0 Å². The lowest BCUT2D eigenvalue weighted by molar-refractivity contribution is -0.274. The first-order valence-electron chi connectivity index (χ1n) is 6.58. The van der Waals surface area contributed by atoms with Gasteiger partial charge in [0.05, 0.1) is 5.02 Å². The number of hydrogen-bond donors (Lipinski definition) is 2. The van der Waals surface area contributed by atoms with Crippen molar-refractivity contribution >= 4 is 29.2 Å². The number of urea groups is 1. The van der Waals surface area contributed by atoms with Crippen molar-refractivity contribution in [1.82, 2.24) is 10.2 Å². The molecule has 0 bridgehead atoms. The van der Waals surface area contributed by atoms with Crippen LogP contribution in [0.2, 0.25) is 5.02 Å². The zero-order valence-corrected chi connectivity index (χ0v) is 12.7. The van der Waals surface area contributed by atoms with Crippen molar-refractivity contribution in [1.29, 1.82) is 0 Å². The van der Waals surface area contributed by atoms with E-state index in [9.17, 15) is 22.8 Å². The fourth-order valence-electron chi connectivity index (χ4n) is 2.04. The second-order valence-electron chi connectivity index (χ2n) is 4.78. The van der Waals surface area contributed by atoms with E-state index in [1.165, 1.54) is 11.0 Å². The van der Waals surface area contributed by atoms with Crippen LogP contribution in [0, 0.1) is 0 Å². The standard InChI is InChI=1S/C13H13ClF3N3O3/c1-7-11(21)18-4-5-20(7)12(22)19-8-2-3-10(9(14)6-8)23-13(15,16)17/h2-3,6-7H,4-5H2,1H3,(H,18,21)(H,19,22). The van der Waals surface area contributed by atoms with Crippen LogP contribution in [0.3, 0.4) is 0 Å². The van der Waals surface area contributed by atoms with E-state index in [0.717, 1.165) is 12.1 Å². The Bertz CT molecular complexity index is 624. The maximum absolute atomic E-state index is 12.2. The number of anilines is 1. The third-order valence-corrected chi connectivity index (χ3v) is 3.46. The minimum atomic E-state index is -4.86. The van der Waals surface area contributed by atoms with Crippen molar-refractivity contribution in [2.24, 2.45) is 0 Å². The van der Waals surface area contributed by atoms with Crippen LogP contribution in [-0.2, 0) is 4.79 Å². The average Bonchev–Trinajstić information content (AvgIpc) is 2.43. The molecule has 2 N–H and O–H groups in total. The predicted octanol–water partition coefficient (Wildman–Crippen LogP) is 2.59. The van der Waals surface area contributed by atoms with E-state index >= 15 is 0 Å². The second-order valence-corrected chi connectivity index (χ2v) is 5.19. The number of hydrogen-bond acceptors (Lipinski definition) is 3. The van der Waals surface area contributed by atoms with Crippen LogP contribution in [0.25, 0.3) is 0 Å². The molecule has 1 unspecified atom stereocenters. The van der Waals surface area contributed by atoms with E-state index in [-0.39, 0.29) is 16.6 Å². The molecule has 23 heavy (non-hydrogen) atoms. The highest BCUT2D eigenvalue weighted by atomic mass is 35.5. The highest BCUT2D eigenvalue weighted by Gasteiger charge is 2.32. The van der Waals surface area contributed by atoms with Crippen molar-refractivity contribution in [2.75, 3.05) is 18.4 Å². The van der Waals surface area contributed by atoms with Crippen molar-refractivity contribution in [2.45, 2.75) is 19.3 Å². The molecule has 1 heterocycles. The third kappa shape index (κ3) is 4.41. The van der Waals surface area contributed by atoms with Gasteiger partial charge >= 0.3 is 12.4 Å². The summed E-state index contributed by atoms with van der Waals surface area (Å²) in [4.78, 5) is 25.0. The van der Waals surface area contributed by atoms with Gasteiger partial charge in [-0.15, -0.1) is 13.2 Å². The van der Waals surface area contributed by atoms with Crippen LogP contribution in [0.5, 0.6) is 5.75 Å². The van der Waals surface area contributed by atoms with Gasteiger partial charge in [-0.3, -0.25) is 4.79 Å². The number of halogens is 4. The molecule has 126 valence electrons. The quantitative estimate of drug-likeness (QED) is 0.860. The van der Waals surface area contributed by atoms with Gasteiger partial charge in [-0.25, -0.2) is 4.79 Å². The molecular formula is C13H13ClF3N3O3. The third-order valence-electron chi connectivity index (χ3n) is 3.17. The first kappa shape index (κ1) is 17.2. The Morgan fingerprint density at radius 2 is 2.17 bits per heavy atom. The van der Waals surface area contributed by atoms with Crippen LogP contribution < -0.4 is 15.4 Å². The summed E-state index contributed by atoms with van der Waals surface area (Å²) in [6, 6.07) is 2.16. The molecule has 0 saturated carbocycles. The molecule has 1 saturated heterocycles. The Morgan fingerprint density at radius 1 is 1.48 bits per heavy atom. The number of alkyl halides is 3. The summed E-state index contributed by atoms with van der Waals surface area (Å²) in [6.07, 6.45) is -4.86. The van der Waals surface area contributed by atoms with Gasteiger partial charge in [0.1, 0.15) is 11.8 Å². The highest BCUT2D eigenvalue weighted by Crippen LogP contribution is 2.32. The van der Waals surface area contributed by atoms with Crippen molar-refractivity contribution in [3.63, 3.8) is 0 Å². The number of ether oxygens (including phenoxy) is 1. The minimum absolute atomic E-state index is 0.188. The van der Waals surface area contributed by atoms with E-state index in [1.54, 1.807) is 6.92 Å². The van der Waals surface area contributed by atoms with Crippen molar-refractivity contribution < 1.29 is 27.5 Å². The molecule has 1 aromatic rings. The Kier molecular flexibility index (Phi) is 4.88. The summed E-state index contributed by atoms with van der Waals surface area (Å²) in [5, 5.41) is 4.79. The highest BCUT2D eigenvalue weighted by molar-refractivity contribution is 6.32. The monoisotopic (exact) mass is 351 g/mol. The number of piperazine rings is 1. The van der Waals surface area contributed by atoms with Gasteiger partial charge in [0, 0.05) is 18.8 Å². The summed E-state index contributed by atoms with van der Waals surface area (Å²) in [5.41, 5.74) is 0.188. The number of rotatable bonds is 2. The van der Waals surface area contributed by atoms with Crippen molar-refractivity contribution in [3.05, 3.63) is 23.2 Å². The molecule has 0 spiro atoms. The molecule has 2 rings (SSSR count). The Balaban J connectivity index is 2.07. The predicted molar refractivity (Wildman–Crippen MR) is 76.3 cm³/mol. The maximum atomic E-state index is 12.2. The Morgan fingerprint density at radius 3 is 2.78 bits per heavy atom. The van der Waals surface area contributed by atoms with Crippen LogP contribution >= 0.6 is 11.6 Å². The smallest absolute Gasteiger partial charge is 0.404 e. The van der Waals surface area contributed by atoms with E-state index in [2.05, 4.69) is 15.4 Å². The summed E-state index contributed by atoms with van der Waals surface area (Å²) >= 11 is 5.70. The number of benzene rings is 1. The lowest BCUT2D eigenvalue weighted by Gasteiger charge is -2.32. The molecule has 1 aromatic carbocycles. The Hall–Kier alpha value is -2.16. The molecule has 3 amide bonds. The minimum Gasteiger partial charge on any atom is -0.404 e. The zero-order chi connectivity index (χ0) is 17.2. The van der Waals surface area contributed by atoms with Gasteiger partial charge in [0.2, 0.25) is 5.91 Å². The van der Waals surface area contributed by atoms with Gasteiger partial charge in [0.25, 0.3) is 0 Å². The lowest BCUT2D eigenvalue weighted by atomic mass is 10.2. The topological polar surface area (TPSA) is 70.7 Å². The molecule has 1 fully saturated rings. The number of carbonyl (C=O) groups excluding carboxylic acids is 2.